The van der Waals surface area contributed by atoms with Crippen molar-refractivity contribution in [2.75, 3.05) is 59.5 Å². The molecule has 0 bridgehead atoms. The highest BCUT2D eigenvalue weighted by Gasteiger charge is 2.21. The Balaban J connectivity index is 1.28. The van der Waals surface area contributed by atoms with E-state index < -0.39 is 0 Å². The van der Waals surface area contributed by atoms with Crippen LogP contribution in [-0.2, 0) is 9.59 Å². The van der Waals surface area contributed by atoms with Gasteiger partial charge in [0.25, 0.3) is 0 Å². The van der Waals surface area contributed by atoms with E-state index in [0.717, 1.165) is 48.5 Å². The van der Waals surface area contributed by atoms with Crippen LogP contribution >= 0.6 is 11.8 Å². The first-order valence-corrected chi connectivity index (χ1v) is 12.3. The van der Waals surface area contributed by atoms with Gasteiger partial charge in [0, 0.05) is 50.5 Å². The molecule has 0 atom stereocenters. The van der Waals surface area contributed by atoms with Gasteiger partial charge in [-0.1, -0.05) is 23.9 Å². The molecule has 2 aromatic carbocycles. The monoisotopic (exact) mass is 492 g/mol. The first-order valence-electron chi connectivity index (χ1n) is 11.3. The fourth-order valence-electron chi connectivity index (χ4n) is 3.83. The molecule has 4 rings (SSSR count). The van der Waals surface area contributed by atoms with Crippen molar-refractivity contribution in [3.05, 3.63) is 60.9 Å². The number of carbonyl (C=O) groups is 2. The Labute approximate surface area is 208 Å². The fourth-order valence-corrected chi connectivity index (χ4v) is 4.49. The molecule has 2 N–H and O–H groups in total. The minimum atomic E-state index is -0.138. The molecule has 1 aliphatic rings. The predicted octanol–water partition coefficient (Wildman–Crippen LogP) is 3.50. The molecule has 10 heteroatoms. The van der Waals surface area contributed by atoms with Gasteiger partial charge in [0.2, 0.25) is 11.8 Å². The zero-order chi connectivity index (χ0) is 24.6. The Morgan fingerprint density at radius 3 is 2.29 bits per heavy atom. The van der Waals surface area contributed by atoms with Gasteiger partial charge in [-0.05, 0) is 36.4 Å². The molecule has 1 aliphatic heterocycles. The van der Waals surface area contributed by atoms with Gasteiger partial charge >= 0.3 is 0 Å². The number of piperazine rings is 1. The lowest BCUT2D eigenvalue weighted by molar-refractivity contribution is -0.114. The summed E-state index contributed by atoms with van der Waals surface area (Å²) in [7, 11) is 1.69. The second kappa shape index (κ2) is 11.6. The summed E-state index contributed by atoms with van der Waals surface area (Å²) in [5, 5.41) is 6.30. The van der Waals surface area contributed by atoms with Gasteiger partial charge < -0.3 is 25.2 Å². The number of nitrogens with zero attached hydrogens (tertiary/aromatic N) is 4. The summed E-state index contributed by atoms with van der Waals surface area (Å²) in [6, 6.07) is 17.0. The van der Waals surface area contributed by atoms with E-state index in [4.69, 9.17) is 4.74 Å². The third kappa shape index (κ3) is 6.63. The van der Waals surface area contributed by atoms with E-state index >= 15 is 0 Å². The van der Waals surface area contributed by atoms with Crippen LogP contribution < -0.4 is 25.2 Å². The van der Waals surface area contributed by atoms with Gasteiger partial charge in [-0.15, -0.1) is 0 Å². The van der Waals surface area contributed by atoms with Gasteiger partial charge in [0.05, 0.1) is 18.6 Å². The number of methoxy groups -OCH3 is 1. The van der Waals surface area contributed by atoms with Crippen LogP contribution in [0.2, 0.25) is 0 Å². The van der Waals surface area contributed by atoms with Crippen molar-refractivity contribution < 1.29 is 14.3 Å². The molecule has 35 heavy (non-hydrogen) atoms. The van der Waals surface area contributed by atoms with Crippen molar-refractivity contribution >= 4 is 46.5 Å². The first kappa shape index (κ1) is 24.3. The number of thioether (sulfide) groups is 1. The van der Waals surface area contributed by atoms with Crippen LogP contribution in [0.1, 0.15) is 6.92 Å². The van der Waals surface area contributed by atoms with Gasteiger partial charge in [0.15, 0.2) is 0 Å². The van der Waals surface area contributed by atoms with Crippen molar-refractivity contribution in [3.63, 3.8) is 0 Å². The van der Waals surface area contributed by atoms with Crippen molar-refractivity contribution in [2.24, 2.45) is 0 Å². The molecule has 0 saturated carbocycles. The number of carbonyl (C=O) groups excluding carboxylic acids is 2. The quantitative estimate of drug-likeness (QED) is 0.364. The maximum absolute atomic E-state index is 12.4. The zero-order valence-corrected chi connectivity index (χ0v) is 20.5. The summed E-state index contributed by atoms with van der Waals surface area (Å²) in [6.45, 7) is 4.82. The largest absolute Gasteiger partial charge is 0.495 e. The Morgan fingerprint density at radius 2 is 1.60 bits per heavy atom. The highest BCUT2D eigenvalue weighted by molar-refractivity contribution is 7.99. The number of benzene rings is 2. The third-order valence-corrected chi connectivity index (χ3v) is 6.42. The van der Waals surface area contributed by atoms with Crippen molar-refractivity contribution in [2.45, 2.75) is 11.9 Å². The lowest BCUT2D eigenvalue weighted by Crippen LogP contribution is -2.47. The number of amides is 2. The summed E-state index contributed by atoms with van der Waals surface area (Å²) in [5.41, 5.74) is 2.45. The number of hydrogen-bond acceptors (Lipinski definition) is 8. The average molecular weight is 493 g/mol. The summed E-state index contributed by atoms with van der Waals surface area (Å²) in [6.07, 6.45) is 1.54. The van der Waals surface area contributed by atoms with Gasteiger partial charge in [-0.2, -0.15) is 0 Å². The van der Waals surface area contributed by atoms with Crippen LogP contribution in [0.3, 0.4) is 0 Å². The molecule has 0 aliphatic carbocycles. The molecule has 1 aromatic heterocycles. The molecule has 9 nitrogen and oxygen atoms in total. The Hall–Kier alpha value is -3.79. The SMILES string of the molecule is COc1ccccc1N1CCN(c2cc(SCC(=O)Nc3ccc(NC(C)=O)cc3)ncn2)CC1. The maximum atomic E-state index is 12.4. The van der Waals surface area contributed by atoms with Gasteiger partial charge in [0.1, 0.15) is 22.9 Å². The van der Waals surface area contributed by atoms with Crippen LogP contribution in [-0.4, -0.2) is 60.8 Å². The number of aromatic nitrogens is 2. The molecule has 0 radical (unpaired) electrons. The molecule has 1 saturated heterocycles. The van der Waals surface area contributed by atoms with E-state index in [9.17, 15) is 9.59 Å². The first-order chi connectivity index (χ1) is 17.0. The Morgan fingerprint density at radius 1 is 0.943 bits per heavy atom. The van der Waals surface area contributed by atoms with E-state index in [2.05, 4.69) is 36.5 Å². The topological polar surface area (TPSA) is 99.7 Å². The van der Waals surface area contributed by atoms with Crippen molar-refractivity contribution in [1.29, 1.82) is 0 Å². The number of nitrogens with one attached hydrogen (secondary N) is 2. The molecule has 182 valence electrons. The van der Waals surface area contributed by atoms with Crippen LogP contribution in [0.5, 0.6) is 5.75 Å². The zero-order valence-electron chi connectivity index (χ0n) is 19.7. The standard InChI is InChI=1S/C25H28N6O3S/c1-18(32)28-19-7-9-20(10-8-19)29-24(33)16-35-25-15-23(26-17-27-25)31-13-11-30(12-14-31)21-5-3-4-6-22(21)34-2/h3-10,15,17H,11-14,16H2,1-2H3,(H,28,32)(H,29,33). The molecular weight excluding hydrogens is 464 g/mol. The lowest BCUT2D eigenvalue weighted by Gasteiger charge is -2.37. The molecule has 2 amide bonds. The van der Waals surface area contributed by atoms with Crippen LogP contribution in [0.25, 0.3) is 0 Å². The second-order valence-electron chi connectivity index (χ2n) is 7.96. The average Bonchev–Trinajstić information content (AvgIpc) is 2.88. The number of ether oxygens (including phenoxy) is 1. The van der Waals surface area contributed by atoms with Crippen molar-refractivity contribution in [3.8, 4) is 5.75 Å². The second-order valence-corrected chi connectivity index (χ2v) is 8.95. The molecule has 0 unspecified atom stereocenters. The van der Waals surface area contributed by atoms with E-state index in [1.165, 1.54) is 18.7 Å². The summed E-state index contributed by atoms with van der Waals surface area (Å²) < 4.78 is 5.50. The normalized spacial score (nSPS) is 13.3. The number of anilines is 4. The molecule has 3 aromatic rings. The Kier molecular flexibility index (Phi) is 8.04. The number of hydrogen-bond donors (Lipinski definition) is 2. The third-order valence-electron chi connectivity index (χ3n) is 5.50. The fraction of sp³-hybridized carbons (Fsp3) is 0.280. The molecule has 2 heterocycles. The van der Waals surface area contributed by atoms with Crippen LogP contribution in [0, 0.1) is 0 Å². The van der Waals surface area contributed by atoms with E-state index in [1.807, 2.05) is 24.3 Å². The van der Waals surface area contributed by atoms with Crippen molar-refractivity contribution in [1.82, 2.24) is 9.97 Å². The predicted molar refractivity (Wildman–Crippen MR) is 140 cm³/mol. The van der Waals surface area contributed by atoms with Gasteiger partial charge in [-0.3, -0.25) is 9.59 Å². The minimum Gasteiger partial charge on any atom is -0.495 e. The summed E-state index contributed by atoms with van der Waals surface area (Å²) in [5.74, 6) is 1.69. The summed E-state index contributed by atoms with van der Waals surface area (Å²) >= 11 is 1.37. The van der Waals surface area contributed by atoms with Gasteiger partial charge in [-0.25, -0.2) is 9.97 Å². The van der Waals surface area contributed by atoms with E-state index in [1.54, 1.807) is 37.7 Å². The summed E-state index contributed by atoms with van der Waals surface area (Å²) in [4.78, 5) is 36.8. The van der Waals surface area contributed by atoms with E-state index in [-0.39, 0.29) is 17.6 Å². The smallest absolute Gasteiger partial charge is 0.234 e. The number of rotatable bonds is 8. The molecular formula is C25H28N6O3S. The lowest BCUT2D eigenvalue weighted by atomic mass is 10.2. The van der Waals surface area contributed by atoms with E-state index in [0.29, 0.717) is 11.4 Å². The molecule has 1 fully saturated rings. The number of para-hydroxylation sites is 2. The molecule has 0 spiro atoms. The van der Waals surface area contributed by atoms with Crippen LogP contribution in [0.4, 0.5) is 22.9 Å². The highest BCUT2D eigenvalue weighted by atomic mass is 32.2. The maximum Gasteiger partial charge on any atom is 0.234 e. The minimum absolute atomic E-state index is 0.132. The Bertz CT molecular complexity index is 1170. The van der Waals surface area contributed by atoms with Crippen LogP contribution in [0.15, 0.2) is 66.0 Å². The highest BCUT2D eigenvalue weighted by Crippen LogP contribution is 2.29.